The van der Waals surface area contributed by atoms with Gasteiger partial charge in [0, 0.05) is 42.8 Å². The van der Waals surface area contributed by atoms with Gasteiger partial charge in [0.2, 0.25) is 0 Å². The van der Waals surface area contributed by atoms with Crippen molar-refractivity contribution < 1.29 is 18.4 Å². The highest BCUT2D eigenvalue weighted by molar-refractivity contribution is 6.30. The summed E-state index contributed by atoms with van der Waals surface area (Å²) in [5.41, 5.74) is 0.698. The lowest BCUT2D eigenvalue weighted by Crippen LogP contribution is -2.35. The van der Waals surface area contributed by atoms with Crippen molar-refractivity contribution in [3.63, 3.8) is 0 Å². The van der Waals surface area contributed by atoms with Crippen molar-refractivity contribution in [1.82, 2.24) is 9.88 Å². The van der Waals surface area contributed by atoms with Crippen LogP contribution in [0.1, 0.15) is 27.1 Å². The first-order chi connectivity index (χ1) is 15.9. The molecule has 4 rings (SSSR count). The van der Waals surface area contributed by atoms with Crippen LogP contribution in [0.5, 0.6) is 0 Å². The van der Waals surface area contributed by atoms with Gasteiger partial charge < -0.3 is 15.1 Å². The van der Waals surface area contributed by atoms with Gasteiger partial charge in [-0.15, -0.1) is 0 Å². The van der Waals surface area contributed by atoms with Crippen LogP contribution in [0.2, 0.25) is 5.02 Å². The molecule has 6 nitrogen and oxygen atoms in total. The number of nitrogens with zero attached hydrogens (tertiary/aromatic N) is 3. The Labute approximate surface area is 194 Å². The lowest BCUT2D eigenvalue weighted by atomic mass is 10.2. The van der Waals surface area contributed by atoms with Gasteiger partial charge in [0.05, 0.1) is 17.4 Å². The van der Waals surface area contributed by atoms with Gasteiger partial charge in [0.25, 0.3) is 11.8 Å². The molecule has 0 radical (unpaired) electrons. The van der Waals surface area contributed by atoms with Crippen molar-refractivity contribution >= 4 is 34.9 Å². The summed E-state index contributed by atoms with van der Waals surface area (Å²) in [6, 6.07) is 13.1. The highest BCUT2D eigenvalue weighted by atomic mass is 35.5. The molecule has 1 aromatic heterocycles. The van der Waals surface area contributed by atoms with Crippen molar-refractivity contribution in [2.75, 3.05) is 36.4 Å². The van der Waals surface area contributed by atoms with E-state index >= 15 is 0 Å². The van der Waals surface area contributed by atoms with Crippen molar-refractivity contribution in [2.45, 2.75) is 6.42 Å². The lowest BCUT2D eigenvalue weighted by Gasteiger charge is -2.23. The molecule has 1 aliphatic rings. The van der Waals surface area contributed by atoms with Crippen LogP contribution in [0.15, 0.2) is 60.8 Å². The van der Waals surface area contributed by atoms with Gasteiger partial charge in [-0.3, -0.25) is 9.59 Å². The minimum absolute atomic E-state index is 0.0570. The zero-order valence-electron chi connectivity index (χ0n) is 17.6. The van der Waals surface area contributed by atoms with Crippen LogP contribution in [0.3, 0.4) is 0 Å². The number of amides is 2. The molecular weight excluding hydrogens is 450 g/mol. The highest BCUT2D eigenvalue weighted by Gasteiger charge is 2.21. The molecule has 0 saturated carbocycles. The molecule has 33 heavy (non-hydrogen) atoms. The van der Waals surface area contributed by atoms with Crippen LogP contribution in [-0.2, 0) is 0 Å². The largest absolute Gasteiger partial charge is 0.355 e. The highest BCUT2D eigenvalue weighted by Crippen LogP contribution is 2.19. The van der Waals surface area contributed by atoms with Gasteiger partial charge in [-0.05, 0) is 48.9 Å². The summed E-state index contributed by atoms with van der Waals surface area (Å²) in [5, 5.41) is 3.08. The number of carbonyl (C=O) groups excluding carboxylic acids is 2. The van der Waals surface area contributed by atoms with E-state index in [1.807, 2.05) is 0 Å². The Morgan fingerprint density at radius 2 is 1.82 bits per heavy atom. The smallest absolute Gasteiger partial charge is 0.258 e. The zero-order valence-corrected chi connectivity index (χ0v) is 18.4. The summed E-state index contributed by atoms with van der Waals surface area (Å²) in [4.78, 5) is 33.3. The first-order valence-corrected chi connectivity index (χ1v) is 10.8. The topological polar surface area (TPSA) is 65.5 Å². The van der Waals surface area contributed by atoms with Gasteiger partial charge in [0.15, 0.2) is 0 Å². The Morgan fingerprint density at radius 3 is 2.55 bits per heavy atom. The van der Waals surface area contributed by atoms with Crippen molar-refractivity contribution in [1.29, 1.82) is 0 Å². The fourth-order valence-corrected chi connectivity index (χ4v) is 3.86. The molecule has 1 N–H and O–H groups in total. The van der Waals surface area contributed by atoms with Crippen LogP contribution in [0.25, 0.3) is 0 Å². The second kappa shape index (κ2) is 9.95. The second-order valence-electron chi connectivity index (χ2n) is 7.63. The molecule has 9 heteroatoms. The van der Waals surface area contributed by atoms with E-state index in [9.17, 15) is 18.4 Å². The maximum atomic E-state index is 13.8. The number of nitrogens with one attached hydrogen (secondary N) is 1. The Kier molecular flexibility index (Phi) is 6.84. The van der Waals surface area contributed by atoms with E-state index in [4.69, 9.17) is 11.6 Å². The summed E-state index contributed by atoms with van der Waals surface area (Å²) in [6.45, 7) is 2.49. The van der Waals surface area contributed by atoms with Gasteiger partial charge in [-0.25, -0.2) is 13.8 Å². The summed E-state index contributed by atoms with van der Waals surface area (Å²) in [5.74, 6) is -1.72. The molecule has 2 heterocycles. The fourth-order valence-electron chi connectivity index (χ4n) is 3.67. The first-order valence-electron chi connectivity index (χ1n) is 10.4. The standard InChI is InChI=1S/C24H21ClF2N4O2/c25-17-4-1-3-16(13-17)24(33)31-10-2-9-30(11-12-31)22-8-6-19(15-28-22)29-23(32)20-7-5-18(26)14-21(20)27/h1,3-8,13-15H,2,9-12H2,(H,29,32). The summed E-state index contributed by atoms with van der Waals surface area (Å²) >= 11 is 6.01. The second-order valence-corrected chi connectivity index (χ2v) is 8.06. The number of benzene rings is 2. The molecule has 1 fully saturated rings. The van der Waals surface area contributed by atoms with E-state index in [1.54, 1.807) is 41.3 Å². The lowest BCUT2D eigenvalue weighted by molar-refractivity contribution is 0.0766. The maximum absolute atomic E-state index is 13.8. The van der Waals surface area contributed by atoms with E-state index in [0.29, 0.717) is 47.8 Å². The molecular formula is C24H21ClF2N4O2. The van der Waals surface area contributed by atoms with E-state index in [1.165, 1.54) is 6.20 Å². The number of halogens is 3. The van der Waals surface area contributed by atoms with E-state index in [-0.39, 0.29) is 11.5 Å². The molecule has 0 spiro atoms. The molecule has 0 aliphatic carbocycles. The Hall–Kier alpha value is -3.52. The van der Waals surface area contributed by atoms with Gasteiger partial charge in [-0.2, -0.15) is 0 Å². The summed E-state index contributed by atoms with van der Waals surface area (Å²) in [7, 11) is 0. The average Bonchev–Trinajstić information content (AvgIpc) is 3.05. The molecule has 1 saturated heterocycles. The number of carbonyl (C=O) groups is 2. The van der Waals surface area contributed by atoms with E-state index in [2.05, 4.69) is 15.2 Å². The van der Waals surface area contributed by atoms with E-state index < -0.39 is 17.5 Å². The van der Waals surface area contributed by atoms with Crippen molar-refractivity contribution in [3.05, 3.63) is 88.6 Å². The molecule has 170 valence electrons. The van der Waals surface area contributed by atoms with Gasteiger partial charge >= 0.3 is 0 Å². The molecule has 0 atom stereocenters. The molecule has 0 unspecified atom stereocenters. The normalized spacial score (nSPS) is 14.0. The first kappa shape index (κ1) is 22.7. The minimum Gasteiger partial charge on any atom is -0.355 e. The van der Waals surface area contributed by atoms with Crippen LogP contribution < -0.4 is 10.2 Å². The number of hydrogen-bond acceptors (Lipinski definition) is 4. The third kappa shape index (κ3) is 5.46. The van der Waals surface area contributed by atoms with Crippen LogP contribution in [-0.4, -0.2) is 47.9 Å². The fraction of sp³-hybridized carbons (Fsp3) is 0.208. The third-order valence-corrected chi connectivity index (χ3v) is 5.60. The van der Waals surface area contributed by atoms with Crippen LogP contribution in [0, 0.1) is 11.6 Å². The number of hydrogen-bond donors (Lipinski definition) is 1. The molecule has 0 bridgehead atoms. The van der Waals surface area contributed by atoms with Crippen molar-refractivity contribution in [2.24, 2.45) is 0 Å². The summed E-state index contributed by atoms with van der Waals surface area (Å²) in [6.07, 6.45) is 2.25. The Balaban J connectivity index is 1.38. The maximum Gasteiger partial charge on any atom is 0.258 e. The van der Waals surface area contributed by atoms with Crippen LogP contribution in [0.4, 0.5) is 20.3 Å². The van der Waals surface area contributed by atoms with Crippen LogP contribution >= 0.6 is 11.6 Å². The monoisotopic (exact) mass is 470 g/mol. The SMILES string of the molecule is O=C(Nc1ccc(N2CCCN(C(=O)c3cccc(Cl)c3)CC2)nc1)c1ccc(F)cc1F. The quantitative estimate of drug-likeness (QED) is 0.604. The summed E-state index contributed by atoms with van der Waals surface area (Å²) < 4.78 is 26.9. The molecule has 2 amide bonds. The average molecular weight is 471 g/mol. The van der Waals surface area contributed by atoms with Gasteiger partial charge in [-0.1, -0.05) is 17.7 Å². The Morgan fingerprint density at radius 1 is 0.970 bits per heavy atom. The minimum atomic E-state index is -0.932. The Bertz CT molecular complexity index is 1170. The molecule has 1 aliphatic heterocycles. The van der Waals surface area contributed by atoms with E-state index in [0.717, 1.165) is 25.1 Å². The number of anilines is 2. The molecule has 3 aromatic rings. The predicted molar refractivity (Wildman–Crippen MR) is 123 cm³/mol. The van der Waals surface area contributed by atoms with Crippen molar-refractivity contribution in [3.8, 4) is 0 Å². The predicted octanol–water partition coefficient (Wildman–Crippen LogP) is 4.62. The van der Waals surface area contributed by atoms with Gasteiger partial charge in [0.1, 0.15) is 17.5 Å². The number of rotatable bonds is 4. The zero-order chi connectivity index (χ0) is 23.4. The third-order valence-electron chi connectivity index (χ3n) is 5.36. The molecule has 2 aromatic carbocycles. The number of aromatic nitrogens is 1. The number of pyridine rings is 1.